The van der Waals surface area contributed by atoms with Crippen LogP contribution in [0, 0.1) is 23.2 Å². The summed E-state index contributed by atoms with van der Waals surface area (Å²) in [6.07, 6.45) is 3.42. The van der Waals surface area contributed by atoms with Gasteiger partial charge in [-0.25, -0.2) is 0 Å². The molecule has 3 heteroatoms. The van der Waals surface area contributed by atoms with Gasteiger partial charge in [0.15, 0.2) is 0 Å². The van der Waals surface area contributed by atoms with Crippen molar-refractivity contribution in [3.63, 3.8) is 0 Å². The first kappa shape index (κ1) is 16.5. The van der Waals surface area contributed by atoms with Gasteiger partial charge in [0.25, 0.3) is 0 Å². The smallest absolute Gasteiger partial charge is 0.323 e. The van der Waals surface area contributed by atoms with Crippen LogP contribution in [0.3, 0.4) is 0 Å². The third kappa shape index (κ3) is 4.48. The molecule has 0 radical (unpaired) electrons. The standard InChI is InChI=1S/C16H31NO2/c1-10(2)12-8-7-11(3)9-13(12)19-15(18)14(17)16(4,5)6/h10-14H,7-9,17H2,1-6H3. The fourth-order valence-electron chi connectivity index (χ4n) is 2.83. The summed E-state index contributed by atoms with van der Waals surface area (Å²) in [6.45, 7) is 12.6. The summed E-state index contributed by atoms with van der Waals surface area (Å²) in [5, 5.41) is 0. The Bertz CT molecular complexity index is 306. The van der Waals surface area contributed by atoms with Gasteiger partial charge in [0.05, 0.1) is 0 Å². The number of ether oxygens (including phenoxy) is 1. The predicted octanol–water partition coefficient (Wildman–Crippen LogP) is 3.36. The summed E-state index contributed by atoms with van der Waals surface area (Å²) < 4.78 is 5.76. The van der Waals surface area contributed by atoms with Crippen LogP contribution >= 0.6 is 0 Å². The lowest BCUT2D eigenvalue weighted by atomic mass is 9.75. The van der Waals surface area contributed by atoms with E-state index in [0.717, 1.165) is 12.8 Å². The van der Waals surface area contributed by atoms with Crippen molar-refractivity contribution < 1.29 is 9.53 Å². The molecular formula is C16H31NO2. The number of carbonyl (C=O) groups excluding carboxylic acids is 1. The number of esters is 1. The van der Waals surface area contributed by atoms with Gasteiger partial charge < -0.3 is 10.5 Å². The fourth-order valence-corrected chi connectivity index (χ4v) is 2.83. The minimum Gasteiger partial charge on any atom is -0.461 e. The van der Waals surface area contributed by atoms with E-state index in [2.05, 4.69) is 20.8 Å². The zero-order chi connectivity index (χ0) is 14.8. The van der Waals surface area contributed by atoms with Gasteiger partial charge in [0, 0.05) is 0 Å². The molecule has 1 rings (SSSR count). The Balaban J connectivity index is 2.69. The van der Waals surface area contributed by atoms with Gasteiger partial charge in [-0.15, -0.1) is 0 Å². The third-order valence-electron chi connectivity index (χ3n) is 4.42. The Kier molecular flexibility index (Phi) is 5.43. The van der Waals surface area contributed by atoms with Crippen LogP contribution in [0.2, 0.25) is 0 Å². The molecule has 19 heavy (non-hydrogen) atoms. The number of carbonyl (C=O) groups is 1. The van der Waals surface area contributed by atoms with E-state index in [0.29, 0.717) is 17.8 Å². The lowest BCUT2D eigenvalue weighted by Gasteiger charge is -2.38. The molecule has 0 aliphatic heterocycles. The molecule has 0 aromatic heterocycles. The highest BCUT2D eigenvalue weighted by Crippen LogP contribution is 2.35. The van der Waals surface area contributed by atoms with E-state index >= 15 is 0 Å². The average molecular weight is 269 g/mol. The largest absolute Gasteiger partial charge is 0.461 e. The third-order valence-corrected chi connectivity index (χ3v) is 4.42. The Morgan fingerprint density at radius 3 is 2.32 bits per heavy atom. The first-order valence-corrected chi connectivity index (χ1v) is 7.59. The van der Waals surface area contributed by atoms with E-state index < -0.39 is 6.04 Å². The van der Waals surface area contributed by atoms with Crippen molar-refractivity contribution in [2.75, 3.05) is 0 Å². The molecule has 1 aliphatic carbocycles. The van der Waals surface area contributed by atoms with Gasteiger partial charge in [-0.2, -0.15) is 0 Å². The monoisotopic (exact) mass is 269 g/mol. The maximum atomic E-state index is 12.2. The minimum absolute atomic E-state index is 0.0460. The first-order chi connectivity index (χ1) is 8.62. The maximum Gasteiger partial charge on any atom is 0.323 e. The molecule has 4 unspecified atom stereocenters. The van der Waals surface area contributed by atoms with Crippen LogP contribution in [0.25, 0.3) is 0 Å². The molecule has 4 atom stereocenters. The van der Waals surface area contributed by atoms with E-state index in [9.17, 15) is 4.79 Å². The second-order valence-electron chi connectivity index (χ2n) is 7.65. The van der Waals surface area contributed by atoms with Crippen LogP contribution < -0.4 is 5.73 Å². The minimum atomic E-state index is -0.544. The molecule has 1 aliphatic rings. The number of hydrogen-bond donors (Lipinski definition) is 1. The Hall–Kier alpha value is -0.570. The normalized spacial score (nSPS) is 30.2. The molecule has 0 spiro atoms. The van der Waals surface area contributed by atoms with Crippen molar-refractivity contribution in [3.8, 4) is 0 Å². The van der Waals surface area contributed by atoms with Gasteiger partial charge in [-0.05, 0) is 36.0 Å². The van der Waals surface area contributed by atoms with Crippen LogP contribution in [0.1, 0.15) is 60.8 Å². The number of rotatable bonds is 3. The zero-order valence-corrected chi connectivity index (χ0v) is 13.4. The van der Waals surface area contributed by atoms with Gasteiger partial charge in [0.1, 0.15) is 12.1 Å². The van der Waals surface area contributed by atoms with Crippen molar-refractivity contribution in [2.45, 2.75) is 73.0 Å². The second-order valence-corrected chi connectivity index (χ2v) is 7.65. The Morgan fingerprint density at radius 2 is 1.84 bits per heavy atom. The molecule has 0 amide bonds. The summed E-state index contributed by atoms with van der Waals surface area (Å²) in [5.41, 5.74) is 5.75. The molecule has 0 bridgehead atoms. The first-order valence-electron chi connectivity index (χ1n) is 7.59. The van der Waals surface area contributed by atoms with Crippen molar-refractivity contribution in [1.29, 1.82) is 0 Å². The summed E-state index contributed by atoms with van der Waals surface area (Å²) >= 11 is 0. The zero-order valence-electron chi connectivity index (χ0n) is 13.4. The summed E-state index contributed by atoms with van der Waals surface area (Å²) in [4.78, 5) is 12.2. The van der Waals surface area contributed by atoms with Crippen LogP contribution in [-0.4, -0.2) is 18.1 Å². The van der Waals surface area contributed by atoms with E-state index in [4.69, 9.17) is 10.5 Å². The quantitative estimate of drug-likeness (QED) is 0.799. The van der Waals surface area contributed by atoms with E-state index in [-0.39, 0.29) is 17.5 Å². The van der Waals surface area contributed by atoms with Crippen molar-refractivity contribution in [3.05, 3.63) is 0 Å². The van der Waals surface area contributed by atoms with Gasteiger partial charge in [-0.3, -0.25) is 4.79 Å². The van der Waals surface area contributed by atoms with Crippen molar-refractivity contribution >= 4 is 5.97 Å². The van der Waals surface area contributed by atoms with E-state index in [1.807, 2.05) is 20.8 Å². The fraction of sp³-hybridized carbons (Fsp3) is 0.938. The Morgan fingerprint density at radius 1 is 1.26 bits per heavy atom. The van der Waals surface area contributed by atoms with Gasteiger partial charge in [-0.1, -0.05) is 48.0 Å². The van der Waals surface area contributed by atoms with Crippen molar-refractivity contribution in [2.24, 2.45) is 28.9 Å². The molecule has 1 saturated carbocycles. The van der Waals surface area contributed by atoms with Crippen LogP contribution in [0.4, 0.5) is 0 Å². The Labute approximate surface area is 118 Å². The topological polar surface area (TPSA) is 52.3 Å². The van der Waals surface area contributed by atoms with Crippen molar-refractivity contribution in [1.82, 2.24) is 0 Å². The highest BCUT2D eigenvalue weighted by Gasteiger charge is 2.36. The molecular weight excluding hydrogens is 238 g/mol. The predicted molar refractivity (Wildman–Crippen MR) is 78.7 cm³/mol. The molecule has 3 nitrogen and oxygen atoms in total. The molecule has 112 valence electrons. The summed E-state index contributed by atoms with van der Waals surface area (Å²) in [5.74, 6) is 1.43. The van der Waals surface area contributed by atoms with Gasteiger partial charge in [0.2, 0.25) is 0 Å². The number of nitrogens with two attached hydrogens (primary N) is 1. The maximum absolute atomic E-state index is 12.2. The number of hydrogen-bond acceptors (Lipinski definition) is 3. The second kappa shape index (κ2) is 6.25. The lowest BCUT2D eigenvalue weighted by Crippen LogP contribution is -2.46. The average Bonchev–Trinajstić information content (AvgIpc) is 2.26. The highest BCUT2D eigenvalue weighted by molar-refractivity contribution is 5.76. The molecule has 0 aromatic rings. The van der Waals surface area contributed by atoms with E-state index in [1.165, 1.54) is 6.42 Å². The highest BCUT2D eigenvalue weighted by atomic mass is 16.5. The van der Waals surface area contributed by atoms with Gasteiger partial charge >= 0.3 is 5.97 Å². The molecule has 0 heterocycles. The summed E-state index contributed by atoms with van der Waals surface area (Å²) in [7, 11) is 0. The van der Waals surface area contributed by atoms with Crippen LogP contribution in [0.15, 0.2) is 0 Å². The SMILES string of the molecule is CC1CCC(C(C)C)C(OC(=O)C(N)C(C)(C)C)C1. The molecule has 0 aromatic carbocycles. The molecule has 0 saturated heterocycles. The molecule has 1 fully saturated rings. The van der Waals surface area contributed by atoms with E-state index in [1.54, 1.807) is 0 Å². The van der Waals surface area contributed by atoms with Crippen LogP contribution in [-0.2, 0) is 9.53 Å². The van der Waals surface area contributed by atoms with Crippen LogP contribution in [0.5, 0.6) is 0 Å². The summed E-state index contributed by atoms with van der Waals surface area (Å²) in [6, 6.07) is -0.544. The molecule has 2 N–H and O–H groups in total. The lowest BCUT2D eigenvalue weighted by molar-refractivity contribution is -0.160.